The number of halogens is 2. The van der Waals surface area contributed by atoms with Crippen LogP contribution in [0.3, 0.4) is 0 Å². The molecule has 2 bridgehead atoms. The maximum absolute atomic E-state index is 17.3. The average Bonchev–Trinajstić information content (AvgIpc) is 3.85. The third-order valence-electron chi connectivity index (χ3n) is 11.3. The standard InChI is InChI=1S/C34H39F2N7O2/c1-2-19-4-5-20-10-24(44)11-25(27(19)20)31-29(36)30-28(26-13-37-18-43(26)31)32(41-15-22-6-7-23(16-41)38-22)40-33(39-30)45-17-34-8-3-9-42(34)14-21(35)12-34/h10-11,13,18-19,21-23,38,44H,2-9,12,14-17H2,1H3/t19?,21-,22-,23+,34+/m1/s1. The second kappa shape index (κ2) is 10.2. The highest BCUT2D eigenvalue weighted by Gasteiger charge is 2.49. The van der Waals surface area contributed by atoms with E-state index >= 15 is 4.39 Å². The minimum atomic E-state index is -0.871. The van der Waals surface area contributed by atoms with E-state index in [1.165, 1.54) is 0 Å². The molecule has 1 unspecified atom stereocenters. The molecule has 9 nitrogen and oxygen atoms in total. The summed E-state index contributed by atoms with van der Waals surface area (Å²) in [5, 5.41) is 15.1. The number of anilines is 1. The van der Waals surface area contributed by atoms with Crippen LogP contribution in [0.5, 0.6) is 11.8 Å². The molecule has 2 N–H and O–H groups in total. The van der Waals surface area contributed by atoms with Crippen molar-refractivity contribution in [3.05, 3.63) is 41.6 Å². The summed E-state index contributed by atoms with van der Waals surface area (Å²) in [6, 6.07) is 4.31. The minimum absolute atomic E-state index is 0.119. The summed E-state index contributed by atoms with van der Waals surface area (Å²) in [6.07, 6.45) is 9.79. The number of aromatic nitrogens is 4. The fourth-order valence-corrected chi connectivity index (χ4v) is 9.32. The molecular formula is C34H39F2N7O2. The van der Waals surface area contributed by atoms with Crippen LogP contribution < -0.4 is 15.0 Å². The van der Waals surface area contributed by atoms with Crippen molar-refractivity contribution in [3.8, 4) is 23.0 Å². The van der Waals surface area contributed by atoms with Gasteiger partial charge >= 0.3 is 6.01 Å². The highest BCUT2D eigenvalue weighted by atomic mass is 19.1. The summed E-state index contributed by atoms with van der Waals surface area (Å²) < 4.78 is 40.0. The first kappa shape index (κ1) is 27.7. The van der Waals surface area contributed by atoms with Crippen LogP contribution in [0.25, 0.3) is 27.7 Å². The fourth-order valence-electron chi connectivity index (χ4n) is 9.32. The lowest BCUT2D eigenvalue weighted by Crippen LogP contribution is -2.51. The number of nitrogens with one attached hydrogen (secondary N) is 1. The van der Waals surface area contributed by atoms with Crippen LogP contribution in [0.2, 0.25) is 0 Å². The van der Waals surface area contributed by atoms with Crippen LogP contribution in [0, 0.1) is 5.82 Å². The van der Waals surface area contributed by atoms with Crippen molar-refractivity contribution in [2.75, 3.05) is 37.7 Å². The third-order valence-corrected chi connectivity index (χ3v) is 11.3. The molecule has 1 aliphatic carbocycles. The van der Waals surface area contributed by atoms with Gasteiger partial charge in [-0.1, -0.05) is 6.92 Å². The quantitative estimate of drug-likeness (QED) is 0.309. The zero-order valence-corrected chi connectivity index (χ0v) is 25.6. The number of phenolic OH excluding ortho intramolecular Hbond substituents is 1. The van der Waals surface area contributed by atoms with Crippen LogP contribution in [-0.4, -0.2) is 85.9 Å². The lowest BCUT2D eigenvalue weighted by molar-refractivity contribution is 0.107. The molecule has 4 aromatic rings. The van der Waals surface area contributed by atoms with E-state index < -0.39 is 12.0 Å². The van der Waals surface area contributed by atoms with E-state index in [-0.39, 0.29) is 35.3 Å². The number of ether oxygens (including phenoxy) is 1. The van der Waals surface area contributed by atoms with Crippen LogP contribution in [0.1, 0.15) is 68.9 Å². The van der Waals surface area contributed by atoms with Gasteiger partial charge in [0, 0.05) is 43.7 Å². The van der Waals surface area contributed by atoms with Gasteiger partial charge in [0.05, 0.1) is 34.7 Å². The van der Waals surface area contributed by atoms with Gasteiger partial charge in [-0.25, -0.2) is 13.8 Å². The zero-order chi connectivity index (χ0) is 30.4. The highest BCUT2D eigenvalue weighted by molar-refractivity contribution is 6.04. The Labute approximate surface area is 260 Å². The van der Waals surface area contributed by atoms with Crippen LogP contribution in [0.4, 0.5) is 14.6 Å². The molecule has 0 saturated carbocycles. The number of hydrogen-bond acceptors (Lipinski definition) is 8. The summed E-state index contributed by atoms with van der Waals surface area (Å²) in [7, 11) is 0. The monoisotopic (exact) mass is 615 g/mol. The largest absolute Gasteiger partial charge is 0.508 e. The SMILES string of the molecule is CCC1CCc2cc(O)cc(-c3c(F)c4nc(OC[C@@]56CCCN5C[C@H](F)C6)nc(N5C[C@H]6CC[C@@H](C5)N6)c4c4cncn34)c21. The van der Waals surface area contributed by atoms with Gasteiger partial charge in [-0.05, 0) is 80.7 Å². The molecule has 0 spiro atoms. The zero-order valence-electron chi connectivity index (χ0n) is 25.6. The maximum Gasteiger partial charge on any atom is 0.319 e. The second-order valence-corrected chi connectivity index (χ2v) is 14.0. The van der Waals surface area contributed by atoms with Gasteiger partial charge in [-0.3, -0.25) is 9.30 Å². The Morgan fingerprint density at radius 3 is 2.80 bits per heavy atom. The van der Waals surface area contributed by atoms with Gasteiger partial charge < -0.3 is 20.1 Å². The number of phenols is 1. The van der Waals surface area contributed by atoms with Crippen molar-refractivity contribution in [2.24, 2.45) is 0 Å². The van der Waals surface area contributed by atoms with E-state index in [9.17, 15) is 9.50 Å². The Bertz CT molecular complexity index is 1820. The van der Waals surface area contributed by atoms with E-state index in [2.05, 4.69) is 27.0 Å². The second-order valence-electron chi connectivity index (χ2n) is 14.0. The predicted molar refractivity (Wildman–Crippen MR) is 167 cm³/mol. The lowest BCUT2D eigenvalue weighted by Gasteiger charge is -2.35. The number of aryl methyl sites for hydroxylation is 1. The van der Waals surface area contributed by atoms with Gasteiger partial charge in [0.2, 0.25) is 0 Å². The highest BCUT2D eigenvalue weighted by Crippen LogP contribution is 2.47. The summed E-state index contributed by atoms with van der Waals surface area (Å²) in [6.45, 7) is 5.23. The molecule has 0 radical (unpaired) electrons. The lowest BCUT2D eigenvalue weighted by atomic mass is 9.91. The Hall–Kier alpha value is -3.57. The van der Waals surface area contributed by atoms with E-state index in [0.29, 0.717) is 53.0 Å². The number of fused-ring (bicyclic) bond motifs is 7. The number of nitrogens with zero attached hydrogens (tertiary/aromatic N) is 6. The molecule has 3 aromatic heterocycles. The van der Waals surface area contributed by atoms with Crippen molar-refractivity contribution in [2.45, 2.75) is 88.0 Å². The summed E-state index contributed by atoms with van der Waals surface area (Å²) >= 11 is 0. The predicted octanol–water partition coefficient (Wildman–Crippen LogP) is 5.12. The number of rotatable bonds is 6. The van der Waals surface area contributed by atoms with Gasteiger partial charge in [-0.2, -0.15) is 9.97 Å². The number of benzene rings is 1. The Balaban J connectivity index is 1.24. The minimum Gasteiger partial charge on any atom is -0.508 e. The van der Waals surface area contributed by atoms with E-state index in [1.807, 2.05) is 6.07 Å². The van der Waals surface area contributed by atoms with E-state index in [0.717, 1.165) is 75.7 Å². The Kier molecular flexibility index (Phi) is 6.29. The number of pyridine rings is 1. The van der Waals surface area contributed by atoms with Gasteiger partial charge in [-0.15, -0.1) is 0 Å². The van der Waals surface area contributed by atoms with E-state index in [4.69, 9.17) is 14.7 Å². The molecule has 5 aliphatic rings. The number of piperazine rings is 1. The van der Waals surface area contributed by atoms with Gasteiger partial charge in [0.15, 0.2) is 5.82 Å². The van der Waals surface area contributed by atoms with Crippen molar-refractivity contribution in [3.63, 3.8) is 0 Å². The maximum atomic E-state index is 17.3. The van der Waals surface area contributed by atoms with Crippen molar-refractivity contribution in [1.82, 2.24) is 29.6 Å². The summed E-state index contributed by atoms with van der Waals surface area (Å²) in [5.74, 6) is 0.564. The molecule has 0 amide bonds. The topological polar surface area (TPSA) is 91.1 Å². The first-order chi connectivity index (χ1) is 21.9. The normalized spacial score (nSPS) is 29.3. The molecule has 1 aromatic carbocycles. The summed E-state index contributed by atoms with van der Waals surface area (Å²) in [5.41, 5.74) is 3.71. The fraction of sp³-hybridized carbons (Fsp3) is 0.559. The Morgan fingerprint density at radius 1 is 1.13 bits per heavy atom. The van der Waals surface area contributed by atoms with Crippen LogP contribution >= 0.6 is 0 Å². The summed E-state index contributed by atoms with van der Waals surface area (Å²) in [4.78, 5) is 18.7. The average molecular weight is 616 g/mol. The number of alkyl halides is 1. The van der Waals surface area contributed by atoms with Crippen molar-refractivity contribution >= 4 is 22.2 Å². The van der Waals surface area contributed by atoms with Gasteiger partial charge in [0.1, 0.15) is 29.9 Å². The number of imidazole rings is 1. The number of aromatic hydroxyl groups is 1. The third kappa shape index (κ3) is 4.26. The number of hydrogen-bond donors (Lipinski definition) is 2. The van der Waals surface area contributed by atoms with Crippen LogP contribution in [0.15, 0.2) is 24.7 Å². The smallest absolute Gasteiger partial charge is 0.319 e. The molecular weight excluding hydrogens is 576 g/mol. The molecule has 4 saturated heterocycles. The van der Waals surface area contributed by atoms with Gasteiger partial charge in [0.25, 0.3) is 0 Å². The molecule has 4 aliphatic heterocycles. The molecule has 5 atom stereocenters. The molecule has 236 valence electrons. The van der Waals surface area contributed by atoms with E-state index in [1.54, 1.807) is 23.0 Å². The first-order valence-electron chi connectivity index (χ1n) is 16.6. The Morgan fingerprint density at radius 2 is 1.98 bits per heavy atom. The molecule has 4 fully saturated rings. The van der Waals surface area contributed by atoms with Crippen molar-refractivity contribution < 1.29 is 18.6 Å². The first-order valence-corrected chi connectivity index (χ1v) is 16.6. The molecule has 11 heteroatoms. The molecule has 45 heavy (non-hydrogen) atoms. The molecule has 7 heterocycles. The molecule has 9 rings (SSSR count). The van der Waals surface area contributed by atoms with Crippen molar-refractivity contribution in [1.29, 1.82) is 0 Å². The van der Waals surface area contributed by atoms with Crippen LogP contribution in [-0.2, 0) is 6.42 Å².